The van der Waals surface area contributed by atoms with Gasteiger partial charge in [-0.05, 0) is 48.9 Å². The Kier molecular flexibility index (Phi) is 7.03. The predicted octanol–water partition coefficient (Wildman–Crippen LogP) is 3.42. The van der Waals surface area contributed by atoms with Gasteiger partial charge >= 0.3 is 6.01 Å². The lowest BCUT2D eigenvalue weighted by Crippen LogP contribution is -2.22. The molecule has 0 fully saturated rings. The zero-order valence-corrected chi connectivity index (χ0v) is 18.3. The van der Waals surface area contributed by atoms with Crippen LogP contribution in [0.1, 0.15) is 30.1 Å². The van der Waals surface area contributed by atoms with Gasteiger partial charge in [-0.1, -0.05) is 24.5 Å². The van der Waals surface area contributed by atoms with Crippen LogP contribution in [0.5, 0.6) is 5.75 Å². The Morgan fingerprint density at radius 2 is 1.87 bits per heavy atom. The monoisotopic (exact) mass is 444 g/mol. The molecule has 1 aromatic heterocycles. The third-order valence-electron chi connectivity index (χ3n) is 4.39. The molecule has 10 heteroatoms. The fourth-order valence-corrected chi connectivity index (χ4v) is 3.50. The van der Waals surface area contributed by atoms with E-state index in [0.717, 1.165) is 17.1 Å². The molecule has 164 valence electrons. The molecule has 0 bridgehead atoms. The lowest BCUT2D eigenvalue weighted by atomic mass is 10.2. The maximum atomic E-state index is 12.5. The molecule has 0 aliphatic rings. The molecular weight excluding hydrogens is 420 g/mol. The number of rotatable bonds is 9. The second-order valence-electron chi connectivity index (χ2n) is 6.91. The fraction of sp³-hybridized carbons (Fsp3) is 0.286. The van der Waals surface area contributed by atoms with Crippen molar-refractivity contribution in [2.75, 3.05) is 26.0 Å². The summed E-state index contributed by atoms with van der Waals surface area (Å²) in [5.41, 5.74) is 0.920. The number of hydrogen-bond acceptors (Lipinski definition) is 7. The molecule has 31 heavy (non-hydrogen) atoms. The summed E-state index contributed by atoms with van der Waals surface area (Å²) in [5, 5.41) is 10.3. The number of nitrogens with zero attached hydrogens (tertiary/aromatic N) is 3. The van der Waals surface area contributed by atoms with E-state index in [1.165, 1.54) is 26.2 Å². The topological polar surface area (TPSA) is 115 Å². The minimum atomic E-state index is -3.53. The molecule has 1 N–H and O–H groups in total. The van der Waals surface area contributed by atoms with Crippen molar-refractivity contribution < 1.29 is 22.4 Å². The van der Waals surface area contributed by atoms with Crippen molar-refractivity contribution >= 4 is 21.9 Å². The highest BCUT2D eigenvalue weighted by Gasteiger charge is 2.18. The molecule has 0 spiro atoms. The molecule has 1 heterocycles. The Bertz CT molecular complexity index is 1140. The summed E-state index contributed by atoms with van der Waals surface area (Å²) in [5.74, 6) is 0.351. The average Bonchev–Trinajstić information content (AvgIpc) is 3.22. The van der Waals surface area contributed by atoms with Gasteiger partial charge < -0.3 is 9.15 Å². The van der Waals surface area contributed by atoms with Crippen LogP contribution in [-0.4, -0.2) is 49.5 Å². The largest absolute Gasteiger partial charge is 0.494 e. The van der Waals surface area contributed by atoms with Crippen LogP contribution >= 0.6 is 0 Å². The second kappa shape index (κ2) is 9.71. The third-order valence-corrected chi connectivity index (χ3v) is 6.22. The van der Waals surface area contributed by atoms with E-state index in [4.69, 9.17) is 9.15 Å². The van der Waals surface area contributed by atoms with E-state index in [2.05, 4.69) is 22.4 Å². The van der Waals surface area contributed by atoms with Gasteiger partial charge in [0.15, 0.2) is 0 Å². The summed E-state index contributed by atoms with van der Waals surface area (Å²) >= 11 is 0. The number of carbonyl (C=O) groups is 1. The molecule has 9 nitrogen and oxygen atoms in total. The summed E-state index contributed by atoms with van der Waals surface area (Å²) < 4.78 is 36.6. The van der Waals surface area contributed by atoms with Crippen molar-refractivity contribution in [2.24, 2.45) is 0 Å². The van der Waals surface area contributed by atoms with E-state index in [1.54, 1.807) is 36.4 Å². The second-order valence-corrected chi connectivity index (χ2v) is 9.06. The van der Waals surface area contributed by atoms with Crippen LogP contribution in [0.15, 0.2) is 57.8 Å². The summed E-state index contributed by atoms with van der Waals surface area (Å²) in [6.07, 6.45) is 1.96. The summed E-state index contributed by atoms with van der Waals surface area (Å²) in [6.45, 7) is 2.66. The van der Waals surface area contributed by atoms with Gasteiger partial charge in [0.1, 0.15) is 5.75 Å². The van der Waals surface area contributed by atoms with Crippen LogP contribution in [0.3, 0.4) is 0 Å². The van der Waals surface area contributed by atoms with Gasteiger partial charge in [-0.25, -0.2) is 12.7 Å². The SMILES string of the molecule is CCCCOc1cccc(C(=O)Nc2nnc(-c3ccc(S(=O)(=O)N(C)C)cc3)o2)c1. The number of benzene rings is 2. The summed E-state index contributed by atoms with van der Waals surface area (Å²) in [6, 6.07) is 12.8. The molecule has 0 aliphatic heterocycles. The van der Waals surface area contributed by atoms with E-state index in [1.807, 2.05) is 0 Å². The van der Waals surface area contributed by atoms with E-state index < -0.39 is 15.9 Å². The first-order valence-electron chi connectivity index (χ1n) is 9.72. The lowest BCUT2D eigenvalue weighted by Gasteiger charge is -2.11. The van der Waals surface area contributed by atoms with E-state index in [9.17, 15) is 13.2 Å². The van der Waals surface area contributed by atoms with Crippen LogP contribution in [0.4, 0.5) is 6.01 Å². The van der Waals surface area contributed by atoms with Crippen LogP contribution in [0.2, 0.25) is 0 Å². The zero-order chi connectivity index (χ0) is 22.4. The number of anilines is 1. The number of amides is 1. The highest BCUT2D eigenvalue weighted by molar-refractivity contribution is 7.89. The van der Waals surface area contributed by atoms with Crippen molar-refractivity contribution in [1.29, 1.82) is 0 Å². The summed E-state index contributed by atoms with van der Waals surface area (Å²) in [7, 11) is -0.606. The van der Waals surface area contributed by atoms with Crippen molar-refractivity contribution in [3.8, 4) is 17.2 Å². The van der Waals surface area contributed by atoms with Gasteiger partial charge in [0.2, 0.25) is 15.9 Å². The molecule has 0 atom stereocenters. The Labute approximate surface area is 181 Å². The quantitative estimate of drug-likeness (QED) is 0.503. The molecule has 2 aromatic carbocycles. The Hall–Kier alpha value is -3.24. The van der Waals surface area contributed by atoms with E-state index >= 15 is 0 Å². The van der Waals surface area contributed by atoms with Crippen molar-refractivity contribution in [3.63, 3.8) is 0 Å². The van der Waals surface area contributed by atoms with Gasteiger partial charge in [0.05, 0.1) is 11.5 Å². The number of aromatic nitrogens is 2. The number of hydrogen-bond donors (Lipinski definition) is 1. The van der Waals surface area contributed by atoms with Crippen LogP contribution < -0.4 is 10.1 Å². The molecule has 0 aliphatic carbocycles. The van der Waals surface area contributed by atoms with Gasteiger partial charge in [-0.15, -0.1) is 5.10 Å². The molecule has 0 saturated carbocycles. The zero-order valence-electron chi connectivity index (χ0n) is 17.5. The van der Waals surface area contributed by atoms with Crippen molar-refractivity contribution in [3.05, 3.63) is 54.1 Å². The molecule has 1 amide bonds. The molecule has 3 aromatic rings. The average molecular weight is 445 g/mol. The van der Waals surface area contributed by atoms with Crippen molar-refractivity contribution in [2.45, 2.75) is 24.7 Å². The molecular formula is C21H24N4O5S. The highest BCUT2D eigenvalue weighted by Crippen LogP contribution is 2.23. The molecule has 0 radical (unpaired) electrons. The lowest BCUT2D eigenvalue weighted by molar-refractivity contribution is 0.102. The van der Waals surface area contributed by atoms with Crippen molar-refractivity contribution in [1.82, 2.24) is 14.5 Å². The molecule has 0 saturated heterocycles. The fourth-order valence-electron chi connectivity index (χ4n) is 2.60. The standard InChI is InChI=1S/C21H24N4O5S/c1-4-5-13-29-17-8-6-7-16(14-17)19(26)22-21-24-23-20(30-21)15-9-11-18(12-10-15)31(27,28)25(2)3/h6-12,14H,4-5,13H2,1-3H3,(H,22,24,26). The van der Waals surface area contributed by atoms with E-state index in [0.29, 0.717) is 23.5 Å². The number of carbonyl (C=O) groups excluding carboxylic acids is 1. The highest BCUT2D eigenvalue weighted by atomic mass is 32.2. The Morgan fingerprint density at radius 1 is 1.13 bits per heavy atom. The summed E-state index contributed by atoms with van der Waals surface area (Å²) in [4.78, 5) is 12.6. The van der Waals surface area contributed by atoms with Gasteiger partial charge in [-0.2, -0.15) is 0 Å². The first-order valence-corrected chi connectivity index (χ1v) is 11.2. The van der Waals surface area contributed by atoms with Crippen LogP contribution in [0, 0.1) is 0 Å². The third kappa shape index (κ3) is 5.47. The minimum absolute atomic E-state index is 0.0673. The Balaban J connectivity index is 1.69. The normalized spacial score (nSPS) is 11.5. The number of unbranched alkanes of at least 4 members (excludes halogenated alkanes) is 1. The van der Waals surface area contributed by atoms with Gasteiger partial charge in [0, 0.05) is 25.2 Å². The molecule has 3 rings (SSSR count). The van der Waals surface area contributed by atoms with Gasteiger partial charge in [0.25, 0.3) is 5.91 Å². The smallest absolute Gasteiger partial charge is 0.322 e. The number of nitrogens with one attached hydrogen (secondary N) is 1. The first-order chi connectivity index (χ1) is 14.8. The minimum Gasteiger partial charge on any atom is -0.494 e. The van der Waals surface area contributed by atoms with Crippen LogP contribution in [0.25, 0.3) is 11.5 Å². The first kappa shape index (κ1) is 22.4. The van der Waals surface area contributed by atoms with Crippen LogP contribution in [-0.2, 0) is 10.0 Å². The number of sulfonamides is 1. The maximum absolute atomic E-state index is 12.5. The van der Waals surface area contributed by atoms with E-state index in [-0.39, 0.29) is 16.8 Å². The van der Waals surface area contributed by atoms with Gasteiger partial charge in [-0.3, -0.25) is 10.1 Å². The number of ether oxygens (including phenoxy) is 1. The Morgan fingerprint density at radius 3 is 2.55 bits per heavy atom. The molecule has 0 unspecified atom stereocenters. The maximum Gasteiger partial charge on any atom is 0.322 e. The predicted molar refractivity (Wildman–Crippen MR) is 115 cm³/mol.